The van der Waals surface area contributed by atoms with E-state index in [9.17, 15) is 10.1 Å². The Labute approximate surface area is 137 Å². The Hall–Kier alpha value is -2.09. The highest BCUT2D eigenvalue weighted by Gasteiger charge is 2.24. The molecule has 3 rings (SSSR count). The number of piperazine rings is 1. The first-order chi connectivity index (χ1) is 11.3. The van der Waals surface area contributed by atoms with Crippen molar-refractivity contribution in [1.82, 2.24) is 9.88 Å². The van der Waals surface area contributed by atoms with E-state index in [0.717, 1.165) is 44.3 Å². The van der Waals surface area contributed by atoms with Gasteiger partial charge in [0.2, 0.25) is 5.91 Å². The first-order valence-electron chi connectivity index (χ1n) is 8.66. The summed E-state index contributed by atoms with van der Waals surface area (Å²) in [6.45, 7) is 2.96. The average Bonchev–Trinajstić information content (AvgIpc) is 3.13. The Morgan fingerprint density at radius 2 is 2.00 bits per heavy atom. The number of nitriles is 1. The second-order valence-corrected chi connectivity index (χ2v) is 6.54. The van der Waals surface area contributed by atoms with Crippen molar-refractivity contribution >= 4 is 11.7 Å². The van der Waals surface area contributed by atoms with Gasteiger partial charge in [-0.2, -0.15) is 5.26 Å². The molecule has 1 saturated heterocycles. The van der Waals surface area contributed by atoms with Gasteiger partial charge in [-0.05, 0) is 24.5 Å². The first-order valence-corrected chi connectivity index (χ1v) is 8.66. The lowest BCUT2D eigenvalue weighted by Crippen LogP contribution is -2.49. The number of nitrogens with zero attached hydrogens (tertiary/aromatic N) is 4. The quantitative estimate of drug-likeness (QED) is 0.857. The molecule has 1 amide bonds. The van der Waals surface area contributed by atoms with Gasteiger partial charge in [0.1, 0.15) is 11.9 Å². The molecule has 122 valence electrons. The SMILES string of the molecule is N#Cc1cccnc1N1CCN(C(=O)CCC2CCCC2)CC1. The number of aromatic nitrogens is 1. The highest BCUT2D eigenvalue weighted by molar-refractivity contribution is 5.76. The van der Waals surface area contributed by atoms with Crippen molar-refractivity contribution in [2.75, 3.05) is 31.1 Å². The van der Waals surface area contributed by atoms with Gasteiger partial charge in [-0.3, -0.25) is 4.79 Å². The van der Waals surface area contributed by atoms with Gasteiger partial charge in [-0.1, -0.05) is 25.7 Å². The van der Waals surface area contributed by atoms with Crippen molar-refractivity contribution < 1.29 is 4.79 Å². The Morgan fingerprint density at radius 1 is 1.26 bits per heavy atom. The fraction of sp³-hybridized carbons (Fsp3) is 0.611. The normalized spacial score (nSPS) is 18.9. The molecular weight excluding hydrogens is 288 g/mol. The van der Waals surface area contributed by atoms with Crippen molar-refractivity contribution in [2.45, 2.75) is 38.5 Å². The first kappa shape index (κ1) is 15.8. The molecule has 0 radical (unpaired) electrons. The zero-order valence-corrected chi connectivity index (χ0v) is 13.6. The van der Waals surface area contributed by atoms with Gasteiger partial charge in [0.25, 0.3) is 0 Å². The maximum absolute atomic E-state index is 12.4. The number of carbonyl (C=O) groups is 1. The molecule has 0 aromatic carbocycles. The van der Waals surface area contributed by atoms with E-state index in [0.29, 0.717) is 12.0 Å². The summed E-state index contributed by atoms with van der Waals surface area (Å²) in [5, 5.41) is 9.18. The second kappa shape index (κ2) is 7.45. The average molecular weight is 312 g/mol. The number of amides is 1. The molecule has 1 aromatic heterocycles. The third-order valence-electron chi connectivity index (χ3n) is 5.08. The Balaban J connectivity index is 1.50. The molecule has 23 heavy (non-hydrogen) atoms. The maximum Gasteiger partial charge on any atom is 0.222 e. The lowest BCUT2D eigenvalue weighted by molar-refractivity contribution is -0.131. The molecule has 1 aliphatic carbocycles. The molecule has 0 unspecified atom stereocenters. The lowest BCUT2D eigenvalue weighted by atomic mass is 10.0. The van der Waals surface area contributed by atoms with Crippen LogP contribution < -0.4 is 4.90 Å². The molecule has 1 aliphatic heterocycles. The topological polar surface area (TPSA) is 60.2 Å². The van der Waals surface area contributed by atoms with Crippen molar-refractivity contribution in [3.63, 3.8) is 0 Å². The Morgan fingerprint density at radius 3 is 2.70 bits per heavy atom. The van der Waals surface area contributed by atoms with Gasteiger partial charge < -0.3 is 9.80 Å². The molecule has 5 nitrogen and oxygen atoms in total. The van der Waals surface area contributed by atoms with Gasteiger partial charge >= 0.3 is 0 Å². The summed E-state index contributed by atoms with van der Waals surface area (Å²) >= 11 is 0. The third-order valence-corrected chi connectivity index (χ3v) is 5.08. The molecule has 0 N–H and O–H groups in total. The van der Waals surface area contributed by atoms with Crippen LogP contribution in [0.25, 0.3) is 0 Å². The minimum absolute atomic E-state index is 0.290. The van der Waals surface area contributed by atoms with Crippen LogP contribution in [0.3, 0.4) is 0 Å². The summed E-state index contributed by atoms with van der Waals surface area (Å²) < 4.78 is 0. The van der Waals surface area contributed by atoms with Crippen LogP contribution in [0, 0.1) is 17.2 Å². The zero-order chi connectivity index (χ0) is 16.1. The predicted octanol–water partition coefficient (Wildman–Crippen LogP) is 2.57. The van der Waals surface area contributed by atoms with Crippen LogP contribution >= 0.6 is 0 Å². The summed E-state index contributed by atoms with van der Waals surface area (Å²) in [5.41, 5.74) is 0.605. The van der Waals surface area contributed by atoms with Gasteiger partial charge in [-0.25, -0.2) is 4.98 Å². The number of pyridine rings is 1. The molecular formula is C18H24N4O. The van der Waals surface area contributed by atoms with E-state index in [1.807, 2.05) is 4.90 Å². The van der Waals surface area contributed by atoms with Crippen LogP contribution in [0.2, 0.25) is 0 Å². The highest BCUT2D eigenvalue weighted by Crippen LogP contribution is 2.28. The van der Waals surface area contributed by atoms with Crippen LogP contribution in [-0.4, -0.2) is 42.0 Å². The van der Waals surface area contributed by atoms with Crippen molar-refractivity contribution in [3.05, 3.63) is 23.9 Å². The van der Waals surface area contributed by atoms with E-state index in [-0.39, 0.29) is 5.91 Å². The van der Waals surface area contributed by atoms with Crippen LogP contribution in [-0.2, 0) is 4.79 Å². The molecule has 5 heteroatoms. The minimum atomic E-state index is 0.290. The van der Waals surface area contributed by atoms with Crippen LogP contribution in [0.1, 0.15) is 44.1 Å². The minimum Gasteiger partial charge on any atom is -0.352 e. The smallest absolute Gasteiger partial charge is 0.222 e. The Bertz CT molecular complexity index is 581. The fourth-order valence-electron chi connectivity index (χ4n) is 3.69. The molecule has 0 atom stereocenters. The van der Waals surface area contributed by atoms with Gasteiger partial charge in [0.05, 0.1) is 5.56 Å². The highest BCUT2D eigenvalue weighted by atomic mass is 16.2. The van der Waals surface area contributed by atoms with Crippen LogP contribution in [0.5, 0.6) is 0 Å². The van der Waals surface area contributed by atoms with Gasteiger partial charge in [0, 0.05) is 38.8 Å². The van der Waals surface area contributed by atoms with E-state index in [2.05, 4.69) is 16.0 Å². The largest absolute Gasteiger partial charge is 0.352 e. The predicted molar refractivity (Wildman–Crippen MR) is 88.9 cm³/mol. The number of rotatable bonds is 4. The zero-order valence-electron chi connectivity index (χ0n) is 13.6. The van der Waals surface area contributed by atoms with E-state index in [1.54, 1.807) is 18.3 Å². The molecule has 2 heterocycles. The van der Waals surface area contributed by atoms with E-state index in [4.69, 9.17) is 0 Å². The summed E-state index contributed by atoms with van der Waals surface area (Å²) in [4.78, 5) is 20.8. The second-order valence-electron chi connectivity index (χ2n) is 6.54. The third kappa shape index (κ3) is 3.82. The van der Waals surface area contributed by atoms with E-state index >= 15 is 0 Å². The summed E-state index contributed by atoms with van der Waals surface area (Å²) in [6, 6.07) is 5.77. The van der Waals surface area contributed by atoms with Crippen molar-refractivity contribution in [2.24, 2.45) is 5.92 Å². The molecule has 0 bridgehead atoms. The van der Waals surface area contributed by atoms with Crippen LogP contribution in [0.15, 0.2) is 18.3 Å². The summed E-state index contributed by atoms with van der Waals surface area (Å²) in [5.74, 6) is 1.80. The van der Waals surface area contributed by atoms with Gasteiger partial charge in [-0.15, -0.1) is 0 Å². The number of hydrogen-bond donors (Lipinski definition) is 0. The fourth-order valence-corrected chi connectivity index (χ4v) is 3.69. The van der Waals surface area contributed by atoms with E-state index in [1.165, 1.54) is 25.7 Å². The molecule has 2 fully saturated rings. The van der Waals surface area contributed by atoms with Crippen molar-refractivity contribution in [1.29, 1.82) is 5.26 Å². The maximum atomic E-state index is 12.4. The lowest BCUT2D eigenvalue weighted by Gasteiger charge is -2.35. The van der Waals surface area contributed by atoms with Crippen molar-refractivity contribution in [3.8, 4) is 6.07 Å². The molecule has 0 spiro atoms. The van der Waals surface area contributed by atoms with Gasteiger partial charge in [0.15, 0.2) is 0 Å². The number of hydrogen-bond acceptors (Lipinski definition) is 4. The standard InChI is InChI=1S/C18H24N4O/c19-14-16-6-3-9-20-18(16)22-12-10-21(11-13-22)17(23)8-7-15-4-1-2-5-15/h3,6,9,15H,1-2,4-5,7-8,10-13H2. The molecule has 1 saturated carbocycles. The molecule has 1 aromatic rings. The summed E-state index contributed by atoms with van der Waals surface area (Å²) in [7, 11) is 0. The number of anilines is 1. The summed E-state index contributed by atoms with van der Waals surface area (Å²) in [6.07, 6.45) is 8.74. The monoisotopic (exact) mass is 312 g/mol. The number of carbonyl (C=O) groups excluding carboxylic acids is 1. The van der Waals surface area contributed by atoms with Crippen LogP contribution in [0.4, 0.5) is 5.82 Å². The molecule has 2 aliphatic rings. The Kier molecular flexibility index (Phi) is 5.12. The van der Waals surface area contributed by atoms with E-state index < -0.39 is 0 Å².